The summed E-state index contributed by atoms with van der Waals surface area (Å²) in [4.78, 5) is 11.9. The fourth-order valence-corrected chi connectivity index (χ4v) is 8.04. The van der Waals surface area contributed by atoms with Crippen molar-refractivity contribution in [3.8, 4) is 0 Å². The van der Waals surface area contributed by atoms with Crippen LogP contribution in [-0.4, -0.2) is 0 Å². The highest BCUT2D eigenvalue weighted by Gasteiger charge is 2.38. The van der Waals surface area contributed by atoms with Crippen molar-refractivity contribution in [2.24, 2.45) is 0 Å². The molecule has 0 atom stereocenters. The summed E-state index contributed by atoms with van der Waals surface area (Å²) in [6, 6.07) is 2.00. The first-order chi connectivity index (χ1) is 17.2. The van der Waals surface area contributed by atoms with Crippen molar-refractivity contribution in [3.63, 3.8) is 0 Å². The third-order valence-corrected chi connectivity index (χ3v) is 9.78. The highest BCUT2D eigenvalue weighted by molar-refractivity contribution is 8.04. The molecule has 0 radical (unpaired) electrons. The van der Waals surface area contributed by atoms with Gasteiger partial charge in [-0.05, 0) is 47.5 Å². The van der Waals surface area contributed by atoms with Gasteiger partial charge in [-0.2, -0.15) is 52.7 Å². The van der Waals surface area contributed by atoms with Crippen LogP contribution in [0.15, 0.2) is 49.6 Å². The fourth-order valence-electron chi connectivity index (χ4n) is 2.94. The second-order valence-electron chi connectivity index (χ2n) is 7.43. The molecule has 0 unspecified atom stereocenters. The minimum atomic E-state index is -5.06. The van der Waals surface area contributed by atoms with Crippen LogP contribution in [0.25, 0.3) is 0 Å². The van der Waals surface area contributed by atoms with E-state index in [0.717, 1.165) is 23.5 Å². The van der Waals surface area contributed by atoms with Gasteiger partial charge in [0.15, 0.2) is 0 Å². The number of rotatable bonds is 6. The molecule has 3 aromatic rings. The first-order valence-electron chi connectivity index (χ1n) is 9.70. The van der Waals surface area contributed by atoms with Crippen LogP contribution in [0.4, 0.5) is 52.7 Å². The molecule has 0 N–H and O–H groups in total. The summed E-state index contributed by atoms with van der Waals surface area (Å²) >= 11 is 2.65. The summed E-state index contributed by atoms with van der Waals surface area (Å²) in [6.45, 7) is 0. The molecule has 0 fully saturated rings. The summed E-state index contributed by atoms with van der Waals surface area (Å²) in [5.41, 5.74) is -6.82. The molecule has 0 amide bonds. The predicted octanol–water partition coefficient (Wildman–Crippen LogP) is 9.83. The topological polar surface area (TPSA) is 17.1 Å². The lowest BCUT2D eigenvalue weighted by atomic mass is 10.1. The summed E-state index contributed by atoms with van der Waals surface area (Å²) in [5, 5.41) is 0. The van der Waals surface area contributed by atoms with E-state index >= 15 is 0 Å². The Morgan fingerprint density at radius 1 is 0.500 bits per heavy atom. The molecular weight excluding hydrogens is 624 g/mol. The van der Waals surface area contributed by atoms with Crippen molar-refractivity contribution < 1.29 is 52.7 Å². The fraction of sp³-hybridized carbons (Fsp3) is 0.286. The third-order valence-electron chi connectivity index (χ3n) is 4.55. The molecule has 0 aliphatic heterocycles. The Labute approximate surface area is 221 Å². The lowest BCUT2D eigenvalue weighted by Crippen LogP contribution is -2.11. The monoisotopic (exact) mass is 634 g/mol. The second kappa shape index (κ2) is 11.0. The summed E-state index contributed by atoms with van der Waals surface area (Å²) in [5.74, 6) is -0.843. The van der Waals surface area contributed by atoms with Crippen molar-refractivity contribution in [3.05, 3.63) is 78.6 Å². The van der Waals surface area contributed by atoms with E-state index in [1.807, 2.05) is 0 Å². The molecule has 2 aromatic carbocycles. The SMILES string of the molecule is O=c1sc(SCc2cc(C(F)(F)F)cc(C(F)(F)F)c2)c(SCc2cc(C(F)(F)F)cc(C(F)(F)F)c2)s1. The van der Waals surface area contributed by atoms with Crippen molar-refractivity contribution in [1.29, 1.82) is 0 Å². The predicted molar refractivity (Wildman–Crippen MR) is 120 cm³/mol. The standard InChI is InChI=1S/C21H10F12OS4/c22-18(23,24)11-1-9(2-12(5-11)19(25,26)27)7-35-15-16(38-17(34)37-15)36-8-10-3-13(20(28,29)30)6-14(4-10)21(31,32)33/h1-6H,7-8H2. The van der Waals surface area contributed by atoms with Crippen LogP contribution in [0.2, 0.25) is 0 Å². The number of benzene rings is 2. The van der Waals surface area contributed by atoms with Crippen LogP contribution in [0.5, 0.6) is 0 Å². The Kier molecular flexibility index (Phi) is 8.85. The van der Waals surface area contributed by atoms with E-state index in [2.05, 4.69) is 0 Å². The van der Waals surface area contributed by atoms with Crippen LogP contribution >= 0.6 is 46.2 Å². The zero-order chi connectivity index (χ0) is 28.7. The summed E-state index contributed by atoms with van der Waals surface area (Å²) < 4.78 is 157. The number of thioether (sulfide) groups is 2. The zero-order valence-corrected chi connectivity index (χ0v) is 21.2. The average molecular weight is 635 g/mol. The molecule has 208 valence electrons. The Bertz CT molecular complexity index is 1180. The maximum Gasteiger partial charge on any atom is 0.416 e. The quantitative estimate of drug-likeness (QED) is 0.199. The molecule has 1 heterocycles. The molecule has 0 saturated carbocycles. The molecule has 38 heavy (non-hydrogen) atoms. The molecule has 0 aliphatic rings. The van der Waals surface area contributed by atoms with E-state index in [9.17, 15) is 57.5 Å². The molecule has 17 heteroatoms. The molecule has 3 rings (SSSR count). The van der Waals surface area contributed by atoms with Crippen molar-refractivity contribution in [1.82, 2.24) is 0 Å². The Hall–Kier alpha value is -1.85. The van der Waals surface area contributed by atoms with Gasteiger partial charge in [-0.1, -0.05) is 22.7 Å². The lowest BCUT2D eigenvalue weighted by molar-refractivity contribution is -0.144. The maximum atomic E-state index is 13.1. The Morgan fingerprint density at radius 3 is 1.00 bits per heavy atom. The van der Waals surface area contributed by atoms with Gasteiger partial charge in [0, 0.05) is 11.5 Å². The highest BCUT2D eigenvalue weighted by Crippen LogP contribution is 2.43. The number of hydrogen-bond donors (Lipinski definition) is 0. The molecule has 1 aromatic heterocycles. The lowest BCUT2D eigenvalue weighted by Gasteiger charge is -2.14. The van der Waals surface area contributed by atoms with Crippen molar-refractivity contribution in [2.75, 3.05) is 0 Å². The average Bonchev–Trinajstić information content (AvgIpc) is 3.13. The van der Waals surface area contributed by atoms with E-state index in [4.69, 9.17) is 0 Å². The van der Waals surface area contributed by atoms with Gasteiger partial charge in [0.2, 0.25) is 0 Å². The Morgan fingerprint density at radius 2 is 0.763 bits per heavy atom. The van der Waals surface area contributed by atoms with Gasteiger partial charge in [-0.25, -0.2) is 0 Å². The van der Waals surface area contributed by atoms with Gasteiger partial charge in [-0.15, -0.1) is 23.5 Å². The smallest absolute Gasteiger partial charge is 0.265 e. The number of halogens is 12. The van der Waals surface area contributed by atoms with Crippen LogP contribution in [0, 0.1) is 0 Å². The molecule has 1 nitrogen and oxygen atoms in total. The maximum absolute atomic E-state index is 13.1. The van der Waals surface area contributed by atoms with Crippen LogP contribution in [0.1, 0.15) is 33.4 Å². The van der Waals surface area contributed by atoms with Crippen LogP contribution in [-0.2, 0) is 36.2 Å². The Balaban J connectivity index is 1.85. The largest absolute Gasteiger partial charge is 0.416 e. The van der Waals surface area contributed by atoms with Gasteiger partial charge < -0.3 is 0 Å². The van der Waals surface area contributed by atoms with Crippen molar-refractivity contribution in [2.45, 2.75) is 44.6 Å². The molecular formula is C21H10F12OS4. The van der Waals surface area contributed by atoms with Gasteiger partial charge in [-0.3, -0.25) is 4.79 Å². The van der Waals surface area contributed by atoms with E-state index < -0.39 is 62.5 Å². The molecule has 0 saturated heterocycles. The van der Waals surface area contributed by atoms with Crippen molar-refractivity contribution >= 4 is 46.2 Å². The summed E-state index contributed by atoms with van der Waals surface area (Å²) in [7, 11) is 0. The highest BCUT2D eigenvalue weighted by atomic mass is 32.2. The molecule has 0 bridgehead atoms. The molecule has 0 aliphatic carbocycles. The van der Waals surface area contributed by atoms with E-state index in [1.165, 1.54) is 0 Å². The summed E-state index contributed by atoms with van der Waals surface area (Å²) in [6.07, 6.45) is -20.2. The van der Waals surface area contributed by atoms with Gasteiger partial charge in [0.05, 0.1) is 30.7 Å². The van der Waals surface area contributed by atoms with Gasteiger partial charge in [0.1, 0.15) is 0 Å². The van der Waals surface area contributed by atoms with Crippen LogP contribution < -0.4 is 4.06 Å². The van der Waals surface area contributed by atoms with Gasteiger partial charge >= 0.3 is 24.7 Å². The number of alkyl halides is 12. The minimum absolute atomic E-state index is 0.0390. The first-order valence-corrected chi connectivity index (χ1v) is 13.3. The minimum Gasteiger partial charge on any atom is -0.265 e. The van der Waals surface area contributed by atoms with Gasteiger partial charge in [0.25, 0.3) is 4.06 Å². The van der Waals surface area contributed by atoms with E-state index in [-0.39, 0.29) is 31.7 Å². The van der Waals surface area contributed by atoms with E-state index in [0.29, 0.717) is 46.9 Å². The third kappa shape index (κ3) is 8.08. The second-order valence-corrected chi connectivity index (χ2v) is 12.1. The molecule has 0 spiro atoms. The normalized spacial score (nSPS) is 13.3. The zero-order valence-electron chi connectivity index (χ0n) is 18.0. The van der Waals surface area contributed by atoms with E-state index in [1.54, 1.807) is 0 Å². The van der Waals surface area contributed by atoms with Crippen LogP contribution in [0.3, 0.4) is 0 Å². The first kappa shape index (κ1) is 30.7. The number of hydrogen-bond acceptors (Lipinski definition) is 5.